The summed E-state index contributed by atoms with van der Waals surface area (Å²) in [5, 5.41) is 2.05. The second kappa shape index (κ2) is 6.67. The summed E-state index contributed by atoms with van der Waals surface area (Å²) in [4.78, 5) is 19.4. The van der Waals surface area contributed by atoms with Gasteiger partial charge in [-0.25, -0.2) is 13.4 Å². The van der Waals surface area contributed by atoms with E-state index in [9.17, 15) is 13.2 Å². The lowest BCUT2D eigenvalue weighted by atomic mass is 9.94. The van der Waals surface area contributed by atoms with E-state index in [4.69, 9.17) is 0 Å². The van der Waals surface area contributed by atoms with E-state index < -0.39 is 15.4 Å². The predicted octanol–water partition coefficient (Wildman–Crippen LogP) is 3.56. The van der Waals surface area contributed by atoms with E-state index in [0.29, 0.717) is 18.1 Å². The molecule has 0 unspecified atom stereocenters. The van der Waals surface area contributed by atoms with Crippen molar-refractivity contribution in [2.24, 2.45) is 0 Å². The fourth-order valence-electron chi connectivity index (χ4n) is 3.97. The number of rotatable bonds is 5. The molecule has 1 N–H and O–H groups in total. The van der Waals surface area contributed by atoms with Crippen LogP contribution >= 0.6 is 11.3 Å². The van der Waals surface area contributed by atoms with Crippen molar-refractivity contribution in [3.63, 3.8) is 0 Å². The lowest BCUT2D eigenvalue weighted by molar-refractivity contribution is -0.120. The van der Waals surface area contributed by atoms with E-state index in [1.807, 2.05) is 35.2 Å². The highest BCUT2D eigenvalue weighted by molar-refractivity contribution is 7.93. The number of fused-ring (bicyclic) bond motifs is 1. The van der Waals surface area contributed by atoms with E-state index in [-0.39, 0.29) is 10.8 Å². The highest BCUT2D eigenvalue weighted by Gasteiger charge is 2.53. The third-order valence-electron chi connectivity index (χ3n) is 5.64. The number of nitrogens with zero attached hydrogens (tertiary/aromatic N) is 2. The van der Waals surface area contributed by atoms with Crippen LogP contribution in [0.3, 0.4) is 0 Å². The van der Waals surface area contributed by atoms with Crippen molar-refractivity contribution in [3.8, 4) is 0 Å². The lowest BCUT2D eigenvalue weighted by Crippen LogP contribution is -2.38. The number of carbonyl (C=O) groups excluding carboxylic acids is 1. The summed E-state index contributed by atoms with van der Waals surface area (Å²) in [7, 11) is -3.71. The van der Waals surface area contributed by atoms with Crippen molar-refractivity contribution in [3.05, 3.63) is 71.2 Å². The minimum absolute atomic E-state index is 0.110. The van der Waals surface area contributed by atoms with Crippen LogP contribution in [0.4, 0.5) is 10.8 Å². The Morgan fingerprint density at radius 2 is 1.93 bits per heavy atom. The van der Waals surface area contributed by atoms with Gasteiger partial charge < -0.3 is 4.90 Å². The highest BCUT2D eigenvalue weighted by Crippen LogP contribution is 2.51. The number of amides is 1. The van der Waals surface area contributed by atoms with Crippen molar-refractivity contribution < 1.29 is 13.2 Å². The van der Waals surface area contributed by atoms with Crippen LogP contribution in [0, 0.1) is 0 Å². The maximum absolute atomic E-state index is 13.4. The molecular weight excluding hydrogens is 406 g/mol. The number of aromatic nitrogens is 1. The number of benzene rings is 2. The number of hydrogen-bond acceptors (Lipinski definition) is 5. The summed E-state index contributed by atoms with van der Waals surface area (Å²) >= 11 is 1.23. The standard InChI is InChI=1S/C21H19N3O3S2/c25-19(21(9-10-21)16-4-2-1-3-5-16)24-12-8-15-14-17(6-7-18(15)24)29(26,27)23-20-22-11-13-28-20/h1-7,11,13-14H,8-10,12H2,(H,22,23). The van der Waals surface area contributed by atoms with Crippen LogP contribution in [0.15, 0.2) is 65.0 Å². The molecule has 148 valence electrons. The summed E-state index contributed by atoms with van der Waals surface area (Å²) in [6.45, 7) is 0.576. The van der Waals surface area contributed by atoms with Crippen LogP contribution < -0.4 is 9.62 Å². The van der Waals surface area contributed by atoms with Gasteiger partial charge in [-0.05, 0) is 48.6 Å². The van der Waals surface area contributed by atoms with Crippen LogP contribution in [0.1, 0.15) is 24.0 Å². The summed E-state index contributed by atoms with van der Waals surface area (Å²) in [5.41, 5.74) is 2.32. The van der Waals surface area contributed by atoms with E-state index in [1.165, 1.54) is 11.3 Å². The third kappa shape index (κ3) is 3.12. The van der Waals surface area contributed by atoms with Gasteiger partial charge in [0.2, 0.25) is 5.91 Å². The maximum Gasteiger partial charge on any atom is 0.263 e. The Hall–Kier alpha value is -2.71. The molecule has 29 heavy (non-hydrogen) atoms. The van der Waals surface area contributed by atoms with E-state index in [1.54, 1.807) is 29.8 Å². The third-order valence-corrected chi connectivity index (χ3v) is 7.80. The van der Waals surface area contributed by atoms with Gasteiger partial charge in [0.05, 0.1) is 10.3 Å². The molecule has 0 radical (unpaired) electrons. The van der Waals surface area contributed by atoms with Crippen molar-refractivity contribution in [2.75, 3.05) is 16.2 Å². The molecule has 3 aromatic rings. The molecule has 1 saturated carbocycles. The number of nitrogens with one attached hydrogen (secondary N) is 1. The molecule has 1 aromatic heterocycles. The number of hydrogen-bond donors (Lipinski definition) is 1. The van der Waals surface area contributed by atoms with Gasteiger partial charge >= 0.3 is 0 Å². The molecule has 1 amide bonds. The van der Waals surface area contributed by atoms with Crippen LogP contribution in [0.2, 0.25) is 0 Å². The molecule has 8 heteroatoms. The van der Waals surface area contributed by atoms with Crippen molar-refractivity contribution in [1.29, 1.82) is 0 Å². The lowest BCUT2D eigenvalue weighted by Gasteiger charge is -2.24. The van der Waals surface area contributed by atoms with E-state index >= 15 is 0 Å². The van der Waals surface area contributed by atoms with Gasteiger partial charge in [-0.1, -0.05) is 30.3 Å². The fourth-order valence-corrected chi connectivity index (χ4v) is 5.81. The molecule has 0 bridgehead atoms. The highest BCUT2D eigenvalue weighted by atomic mass is 32.2. The molecule has 1 aliphatic carbocycles. The summed E-state index contributed by atoms with van der Waals surface area (Å²) in [5.74, 6) is 0.110. The summed E-state index contributed by atoms with van der Waals surface area (Å²) < 4.78 is 27.8. The fraction of sp³-hybridized carbons (Fsp3) is 0.238. The first-order chi connectivity index (χ1) is 14.0. The zero-order chi connectivity index (χ0) is 20.1. The molecule has 1 aliphatic heterocycles. The molecule has 1 fully saturated rings. The zero-order valence-electron chi connectivity index (χ0n) is 15.5. The SMILES string of the molecule is O=C(N1CCc2cc(S(=O)(=O)Nc3nccs3)ccc21)C1(c2ccccc2)CC1. The van der Waals surface area contributed by atoms with Gasteiger partial charge in [-0.15, -0.1) is 11.3 Å². The minimum Gasteiger partial charge on any atom is -0.311 e. The van der Waals surface area contributed by atoms with Crippen LogP contribution in [0.5, 0.6) is 0 Å². The van der Waals surface area contributed by atoms with Crippen LogP contribution in [-0.4, -0.2) is 25.9 Å². The maximum atomic E-state index is 13.4. The molecule has 6 nitrogen and oxygen atoms in total. The summed E-state index contributed by atoms with van der Waals surface area (Å²) in [6.07, 6.45) is 3.90. The summed E-state index contributed by atoms with van der Waals surface area (Å²) in [6, 6.07) is 14.9. The van der Waals surface area contributed by atoms with Crippen molar-refractivity contribution >= 4 is 38.1 Å². The Morgan fingerprint density at radius 3 is 2.62 bits per heavy atom. The van der Waals surface area contributed by atoms with Gasteiger partial charge in [0.25, 0.3) is 10.0 Å². The first kappa shape index (κ1) is 18.3. The monoisotopic (exact) mass is 425 g/mol. The number of carbonyl (C=O) groups is 1. The number of thiazole rings is 1. The Bertz CT molecular complexity index is 1170. The van der Waals surface area contributed by atoms with Crippen LogP contribution in [0.25, 0.3) is 0 Å². The average Bonchev–Trinajstić information content (AvgIpc) is 3.18. The molecule has 2 aliphatic rings. The number of sulfonamides is 1. The van der Waals surface area contributed by atoms with Gasteiger partial charge in [0, 0.05) is 23.8 Å². The van der Waals surface area contributed by atoms with Gasteiger partial charge in [-0.3, -0.25) is 9.52 Å². The zero-order valence-corrected chi connectivity index (χ0v) is 17.2. The van der Waals surface area contributed by atoms with Crippen molar-refractivity contribution in [1.82, 2.24) is 4.98 Å². The van der Waals surface area contributed by atoms with E-state index in [0.717, 1.165) is 29.7 Å². The topological polar surface area (TPSA) is 79.4 Å². The van der Waals surface area contributed by atoms with Crippen molar-refractivity contribution in [2.45, 2.75) is 29.6 Å². The smallest absolute Gasteiger partial charge is 0.263 e. The van der Waals surface area contributed by atoms with Gasteiger partial charge in [0.1, 0.15) is 0 Å². The minimum atomic E-state index is -3.71. The normalized spacial score (nSPS) is 17.0. The first-order valence-corrected chi connectivity index (χ1v) is 11.8. The average molecular weight is 426 g/mol. The van der Waals surface area contributed by atoms with Gasteiger partial charge in [0.15, 0.2) is 5.13 Å². The molecule has 0 saturated heterocycles. The van der Waals surface area contributed by atoms with Gasteiger partial charge in [-0.2, -0.15) is 0 Å². The molecule has 0 spiro atoms. The molecule has 2 aromatic carbocycles. The molecule has 2 heterocycles. The molecule has 0 atom stereocenters. The Balaban J connectivity index is 1.42. The second-order valence-corrected chi connectivity index (χ2v) is 9.97. The molecule has 5 rings (SSSR count). The van der Waals surface area contributed by atoms with E-state index in [2.05, 4.69) is 9.71 Å². The largest absolute Gasteiger partial charge is 0.311 e. The number of anilines is 2. The predicted molar refractivity (Wildman–Crippen MR) is 113 cm³/mol. The second-order valence-electron chi connectivity index (χ2n) is 7.39. The Kier molecular flexibility index (Phi) is 4.22. The Labute approximate surface area is 173 Å². The first-order valence-electron chi connectivity index (χ1n) is 9.42. The van der Waals surface area contributed by atoms with Crippen LogP contribution in [-0.2, 0) is 26.7 Å². The quantitative estimate of drug-likeness (QED) is 0.678. The molecular formula is C21H19N3O3S2. The Morgan fingerprint density at radius 1 is 1.14 bits per heavy atom.